The molecule has 0 spiro atoms. The second-order valence-corrected chi connectivity index (χ2v) is 5.34. The molecule has 0 bridgehead atoms. The summed E-state index contributed by atoms with van der Waals surface area (Å²) in [4.78, 5) is 6.38. The van der Waals surface area contributed by atoms with Crippen LogP contribution in [0.5, 0.6) is 0 Å². The zero-order valence-corrected chi connectivity index (χ0v) is 9.70. The van der Waals surface area contributed by atoms with E-state index in [1.54, 1.807) is 12.4 Å². The molecule has 0 amide bonds. The number of aliphatic hydroxyl groups is 1. The van der Waals surface area contributed by atoms with Crippen molar-refractivity contribution in [1.29, 1.82) is 0 Å². The monoisotopic (exact) mass is 224 g/mol. The third-order valence-electron chi connectivity index (χ3n) is 2.63. The van der Waals surface area contributed by atoms with Crippen molar-refractivity contribution in [1.82, 2.24) is 4.98 Å². The largest absolute Gasteiger partial charge is 0.392 e. The van der Waals surface area contributed by atoms with Crippen molar-refractivity contribution in [3.8, 4) is 0 Å². The number of aliphatic hydroxyl groups excluding tert-OH is 1. The van der Waals surface area contributed by atoms with Crippen LogP contribution in [0.2, 0.25) is 0 Å². The maximum atomic E-state index is 9.24. The molecule has 1 aliphatic heterocycles. The molecular weight excluding hydrogens is 208 g/mol. The fraction of sp³-hybridized carbons (Fsp3) is 0.545. The summed E-state index contributed by atoms with van der Waals surface area (Å²) in [7, 11) is 0. The molecule has 1 aromatic rings. The van der Waals surface area contributed by atoms with Crippen LogP contribution < -0.4 is 4.90 Å². The van der Waals surface area contributed by atoms with E-state index in [-0.39, 0.29) is 6.61 Å². The maximum absolute atomic E-state index is 9.24. The summed E-state index contributed by atoms with van der Waals surface area (Å²) in [5.74, 6) is 1.16. The Morgan fingerprint density at radius 3 is 3.27 bits per heavy atom. The standard InChI is InChI=1S/C11H16N2OS/c1-9-7-13(4-5-15-9)11-2-3-12-6-10(11)8-14/h2-3,6,9,14H,4-5,7-8H2,1H3. The Morgan fingerprint density at radius 2 is 2.53 bits per heavy atom. The van der Waals surface area contributed by atoms with Crippen LogP contribution in [0.1, 0.15) is 12.5 Å². The van der Waals surface area contributed by atoms with E-state index < -0.39 is 0 Å². The lowest BCUT2D eigenvalue weighted by atomic mass is 10.2. The number of anilines is 1. The Kier molecular flexibility index (Phi) is 3.49. The van der Waals surface area contributed by atoms with Gasteiger partial charge in [-0.05, 0) is 6.07 Å². The zero-order valence-electron chi connectivity index (χ0n) is 8.89. The minimum atomic E-state index is 0.0706. The number of hydrogen-bond donors (Lipinski definition) is 1. The average Bonchev–Trinajstić information content (AvgIpc) is 2.29. The lowest BCUT2D eigenvalue weighted by molar-refractivity contribution is 0.281. The van der Waals surface area contributed by atoms with Crippen LogP contribution in [0.15, 0.2) is 18.5 Å². The van der Waals surface area contributed by atoms with Crippen LogP contribution in [0.3, 0.4) is 0 Å². The first kappa shape index (κ1) is 10.8. The Bertz CT molecular complexity index is 332. The Hall–Kier alpha value is -0.740. The van der Waals surface area contributed by atoms with Crippen molar-refractivity contribution in [2.45, 2.75) is 18.8 Å². The lowest BCUT2D eigenvalue weighted by Crippen LogP contribution is -2.37. The number of thioether (sulfide) groups is 1. The van der Waals surface area contributed by atoms with Crippen LogP contribution in [-0.4, -0.2) is 34.2 Å². The van der Waals surface area contributed by atoms with E-state index >= 15 is 0 Å². The molecule has 4 heteroatoms. The summed E-state index contributed by atoms with van der Waals surface area (Å²) in [6, 6.07) is 1.99. The summed E-state index contributed by atoms with van der Waals surface area (Å²) < 4.78 is 0. The van der Waals surface area contributed by atoms with Gasteiger partial charge in [0.15, 0.2) is 0 Å². The molecule has 1 N–H and O–H groups in total. The molecular formula is C11H16N2OS. The first-order valence-electron chi connectivity index (χ1n) is 5.21. The second-order valence-electron chi connectivity index (χ2n) is 3.79. The molecule has 3 nitrogen and oxygen atoms in total. The van der Waals surface area contributed by atoms with Gasteiger partial charge in [-0.15, -0.1) is 0 Å². The minimum absolute atomic E-state index is 0.0706. The molecule has 0 saturated carbocycles. The third-order valence-corrected chi connectivity index (χ3v) is 3.77. The molecule has 1 saturated heterocycles. The van der Waals surface area contributed by atoms with Crippen molar-refractivity contribution in [2.75, 3.05) is 23.7 Å². The smallest absolute Gasteiger partial charge is 0.0717 e. The van der Waals surface area contributed by atoms with Gasteiger partial charge in [-0.1, -0.05) is 6.92 Å². The summed E-state index contributed by atoms with van der Waals surface area (Å²) in [6.45, 7) is 4.44. The van der Waals surface area contributed by atoms with Crippen molar-refractivity contribution >= 4 is 17.4 Å². The predicted molar refractivity (Wildman–Crippen MR) is 64.3 cm³/mol. The van der Waals surface area contributed by atoms with Gasteiger partial charge in [0.25, 0.3) is 0 Å². The van der Waals surface area contributed by atoms with E-state index in [4.69, 9.17) is 0 Å². The van der Waals surface area contributed by atoms with E-state index in [0.29, 0.717) is 5.25 Å². The molecule has 15 heavy (non-hydrogen) atoms. The van der Waals surface area contributed by atoms with Crippen molar-refractivity contribution in [3.63, 3.8) is 0 Å². The Morgan fingerprint density at radius 1 is 1.67 bits per heavy atom. The van der Waals surface area contributed by atoms with Crippen LogP contribution in [0, 0.1) is 0 Å². The molecule has 1 atom stereocenters. The van der Waals surface area contributed by atoms with E-state index in [2.05, 4.69) is 16.8 Å². The number of pyridine rings is 1. The van der Waals surface area contributed by atoms with E-state index in [1.165, 1.54) is 0 Å². The Labute approximate surface area is 94.5 Å². The van der Waals surface area contributed by atoms with Crippen molar-refractivity contribution < 1.29 is 5.11 Å². The highest BCUT2D eigenvalue weighted by Gasteiger charge is 2.18. The quantitative estimate of drug-likeness (QED) is 0.826. The first-order valence-corrected chi connectivity index (χ1v) is 6.26. The topological polar surface area (TPSA) is 36.4 Å². The Balaban J connectivity index is 2.20. The fourth-order valence-corrected chi connectivity index (χ4v) is 2.90. The van der Waals surface area contributed by atoms with Crippen molar-refractivity contribution in [3.05, 3.63) is 24.0 Å². The van der Waals surface area contributed by atoms with E-state index in [9.17, 15) is 5.11 Å². The summed E-state index contributed by atoms with van der Waals surface area (Å²) >= 11 is 2.01. The summed E-state index contributed by atoms with van der Waals surface area (Å²) in [5.41, 5.74) is 2.07. The highest BCUT2D eigenvalue weighted by molar-refractivity contribution is 8.00. The van der Waals surface area contributed by atoms with Crippen LogP contribution in [0.4, 0.5) is 5.69 Å². The third kappa shape index (κ3) is 2.44. The van der Waals surface area contributed by atoms with E-state index in [1.807, 2.05) is 17.8 Å². The number of aromatic nitrogens is 1. The minimum Gasteiger partial charge on any atom is -0.392 e. The number of nitrogens with zero attached hydrogens (tertiary/aromatic N) is 2. The molecule has 0 radical (unpaired) electrons. The molecule has 2 heterocycles. The van der Waals surface area contributed by atoms with Gasteiger partial charge < -0.3 is 10.0 Å². The predicted octanol–water partition coefficient (Wildman–Crippen LogP) is 1.52. The highest BCUT2D eigenvalue weighted by atomic mass is 32.2. The number of hydrogen-bond acceptors (Lipinski definition) is 4. The van der Waals surface area contributed by atoms with Crippen LogP contribution in [0.25, 0.3) is 0 Å². The molecule has 1 fully saturated rings. The lowest BCUT2D eigenvalue weighted by Gasteiger charge is -2.33. The van der Waals surface area contributed by atoms with Gasteiger partial charge in [-0.25, -0.2) is 0 Å². The molecule has 1 unspecified atom stereocenters. The van der Waals surface area contributed by atoms with Gasteiger partial charge >= 0.3 is 0 Å². The molecule has 82 valence electrons. The van der Waals surface area contributed by atoms with Gasteiger partial charge in [-0.3, -0.25) is 4.98 Å². The van der Waals surface area contributed by atoms with Gasteiger partial charge in [0.1, 0.15) is 0 Å². The SMILES string of the molecule is CC1CN(c2ccncc2CO)CCS1. The molecule has 1 aromatic heterocycles. The number of rotatable bonds is 2. The van der Waals surface area contributed by atoms with Gasteiger partial charge in [0.2, 0.25) is 0 Å². The first-order chi connectivity index (χ1) is 7.31. The molecule has 2 rings (SSSR count). The maximum Gasteiger partial charge on any atom is 0.0717 e. The normalized spacial score (nSPS) is 21.7. The molecule has 1 aliphatic rings. The summed E-state index contributed by atoms with van der Waals surface area (Å²) in [5, 5.41) is 9.91. The van der Waals surface area contributed by atoms with E-state index in [0.717, 1.165) is 30.1 Å². The fourth-order valence-electron chi connectivity index (χ4n) is 1.89. The molecule has 0 aliphatic carbocycles. The highest BCUT2D eigenvalue weighted by Crippen LogP contribution is 2.25. The van der Waals surface area contributed by atoms with Gasteiger partial charge in [0, 0.05) is 47.7 Å². The average molecular weight is 224 g/mol. The second kappa shape index (κ2) is 4.86. The summed E-state index contributed by atoms with van der Waals surface area (Å²) in [6.07, 6.45) is 3.54. The van der Waals surface area contributed by atoms with Crippen molar-refractivity contribution in [2.24, 2.45) is 0 Å². The van der Waals surface area contributed by atoms with Gasteiger partial charge in [0.05, 0.1) is 6.61 Å². The molecule has 0 aromatic carbocycles. The zero-order chi connectivity index (χ0) is 10.7. The van der Waals surface area contributed by atoms with Crippen LogP contribution >= 0.6 is 11.8 Å². The van der Waals surface area contributed by atoms with Gasteiger partial charge in [-0.2, -0.15) is 11.8 Å². The van der Waals surface area contributed by atoms with Crippen LogP contribution in [-0.2, 0) is 6.61 Å².